The SMILES string of the molecule is COC1C(C)CC2(Cc3ccc(C#N)cc3C2NC(CC(C)(C)F)C(=N)N)CC1C. The summed E-state index contributed by atoms with van der Waals surface area (Å²) in [5.41, 5.74) is 7.32. The van der Waals surface area contributed by atoms with Crippen molar-refractivity contribution in [3.8, 4) is 6.07 Å². The van der Waals surface area contributed by atoms with Crippen LogP contribution in [0.3, 0.4) is 0 Å². The van der Waals surface area contributed by atoms with Gasteiger partial charge in [-0.2, -0.15) is 5.26 Å². The molecule has 6 heteroatoms. The first-order valence-electron chi connectivity index (χ1n) is 10.8. The first kappa shape index (κ1) is 22.7. The van der Waals surface area contributed by atoms with Crippen LogP contribution >= 0.6 is 0 Å². The van der Waals surface area contributed by atoms with Gasteiger partial charge in [0.2, 0.25) is 0 Å². The Labute approximate surface area is 179 Å². The molecular formula is C24H35FN4O. The smallest absolute Gasteiger partial charge is 0.108 e. The lowest BCUT2D eigenvalue weighted by Gasteiger charge is -2.49. The van der Waals surface area contributed by atoms with Gasteiger partial charge in [-0.25, -0.2) is 4.39 Å². The number of nitrogens with one attached hydrogen (secondary N) is 2. The normalized spacial score (nSPS) is 31.9. The minimum atomic E-state index is -1.44. The van der Waals surface area contributed by atoms with E-state index >= 15 is 0 Å². The molecule has 1 aromatic carbocycles. The van der Waals surface area contributed by atoms with Crippen LogP contribution in [-0.4, -0.2) is 30.8 Å². The van der Waals surface area contributed by atoms with E-state index in [0.717, 1.165) is 24.8 Å². The number of amidine groups is 1. The molecule has 2 aliphatic carbocycles. The van der Waals surface area contributed by atoms with E-state index in [1.54, 1.807) is 7.11 Å². The maximum absolute atomic E-state index is 14.5. The second-order valence-electron chi connectivity index (χ2n) is 10.2. The first-order valence-corrected chi connectivity index (χ1v) is 10.8. The summed E-state index contributed by atoms with van der Waals surface area (Å²) in [5, 5.41) is 21.1. The zero-order valence-electron chi connectivity index (χ0n) is 18.8. The van der Waals surface area contributed by atoms with Gasteiger partial charge in [0, 0.05) is 19.6 Å². The maximum atomic E-state index is 14.5. The third-order valence-corrected chi connectivity index (χ3v) is 7.02. The third kappa shape index (κ3) is 4.38. The molecule has 0 saturated heterocycles. The summed E-state index contributed by atoms with van der Waals surface area (Å²) in [6, 6.07) is 7.48. The van der Waals surface area contributed by atoms with Crippen molar-refractivity contribution in [2.24, 2.45) is 23.0 Å². The summed E-state index contributed by atoms with van der Waals surface area (Å²) in [7, 11) is 1.78. The predicted molar refractivity (Wildman–Crippen MR) is 117 cm³/mol. The molecule has 164 valence electrons. The van der Waals surface area contributed by atoms with E-state index in [9.17, 15) is 9.65 Å². The molecule has 30 heavy (non-hydrogen) atoms. The van der Waals surface area contributed by atoms with Crippen LogP contribution in [0.25, 0.3) is 0 Å². The molecule has 0 bridgehead atoms. The Balaban J connectivity index is 2.02. The summed E-state index contributed by atoms with van der Waals surface area (Å²) in [5.74, 6) is 0.704. The number of rotatable bonds is 6. The maximum Gasteiger partial charge on any atom is 0.108 e. The topological polar surface area (TPSA) is 94.9 Å². The molecule has 3 rings (SSSR count). The molecule has 1 spiro atoms. The standard InChI is InChI=1S/C24H35FN4O/c1-14-9-24(10-15(2)20(14)30-5)11-17-7-6-16(13-26)8-18(17)21(24)29-19(22(27)28)12-23(3,4)25/h6-8,14-15,19-21,29H,9-12H2,1-5H3,(H3,27,28). The summed E-state index contributed by atoms with van der Waals surface area (Å²) in [6.45, 7) is 7.51. The van der Waals surface area contributed by atoms with Crippen LogP contribution in [0.15, 0.2) is 18.2 Å². The quantitative estimate of drug-likeness (QED) is 0.479. The van der Waals surface area contributed by atoms with Crippen molar-refractivity contribution in [3.63, 3.8) is 0 Å². The van der Waals surface area contributed by atoms with Gasteiger partial charge in [0.15, 0.2) is 0 Å². The number of alkyl halides is 1. The van der Waals surface area contributed by atoms with E-state index in [4.69, 9.17) is 15.9 Å². The highest BCUT2D eigenvalue weighted by molar-refractivity contribution is 5.82. The molecule has 4 unspecified atom stereocenters. The largest absolute Gasteiger partial charge is 0.386 e. The molecule has 0 radical (unpaired) electrons. The number of hydrogen-bond acceptors (Lipinski definition) is 4. The number of nitriles is 1. The van der Waals surface area contributed by atoms with Crippen LogP contribution in [0.4, 0.5) is 4.39 Å². The average Bonchev–Trinajstić information content (AvgIpc) is 2.91. The first-order chi connectivity index (χ1) is 14.0. The Hall–Kier alpha value is -1.97. The molecule has 1 fully saturated rings. The molecule has 1 saturated carbocycles. The molecule has 0 aromatic heterocycles. The monoisotopic (exact) mass is 414 g/mol. The van der Waals surface area contributed by atoms with E-state index in [-0.39, 0.29) is 29.8 Å². The van der Waals surface area contributed by atoms with Gasteiger partial charge in [0.05, 0.1) is 23.8 Å². The second kappa shape index (κ2) is 8.28. The van der Waals surface area contributed by atoms with Crippen LogP contribution in [0, 0.1) is 34.0 Å². The Morgan fingerprint density at radius 2 is 2.03 bits per heavy atom. The lowest BCUT2D eigenvalue weighted by atomic mass is 9.61. The second-order valence-corrected chi connectivity index (χ2v) is 10.2. The highest BCUT2D eigenvalue weighted by atomic mass is 19.1. The van der Waals surface area contributed by atoms with Gasteiger partial charge in [-0.15, -0.1) is 0 Å². The average molecular weight is 415 g/mol. The van der Waals surface area contributed by atoms with Gasteiger partial charge < -0.3 is 10.5 Å². The fourth-order valence-corrected chi connectivity index (χ4v) is 6.12. The van der Waals surface area contributed by atoms with Gasteiger partial charge in [0.25, 0.3) is 0 Å². The van der Waals surface area contributed by atoms with Crippen molar-refractivity contribution in [1.82, 2.24) is 5.32 Å². The zero-order valence-corrected chi connectivity index (χ0v) is 18.8. The van der Waals surface area contributed by atoms with Crippen LogP contribution in [-0.2, 0) is 11.2 Å². The molecule has 4 N–H and O–H groups in total. The Morgan fingerprint density at radius 3 is 2.53 bits per heavy atom. The zero-order chi connectivity index (χ0) is 22.3. The van der Waals surface area contributed by atoms with E-state index in [1.165, 1.54) is 19.4 Å². The van der Waals surface area contributed by atoms with Crippen molar-refractivity contribution in [2.45, 2.75) is 77.2 Å². The lowest BCUT2D eigenvalue weighted by Crippen LogP contribution is -2.52. The van der Waals surface area contributed by atoms with Gasteiger partial charge in [-0.05, 0) is 73.6 Å². The van der Waals surface area contributed by atoms with E-state index in [1.807, 2.05) is 12.1 Å². The Bertz CT molecular complexity index is 829. The van der Waals surface area contributed by atoms with Crippen molar-refractivity contribution in [3.05, 3.63) is 34.9 Å². The number of methoxy groups -OCH3 is 1. The highest BCUT2D eigenvalue weighted by Crippen LogP contribution is 2.57. The van der Waals surface area contributed by atoms with E-state index in [2.05, 4.69) is 31.3 Å². The number of ether oxygens (including phenoxy) is 1. The fraction of sp³-hybridized carbons (Fsp3) is 0.667. The van der Waals surface area contributed by atoms with Gasteiger partial charge in [0.1, 0.15) is 11.5 Å². The summed E-state index contributed by atoms with van der Waals surface area (Å²) < 4.78 is 20.3. The Kier molecular flexibility index (Phi) is 6.27. The summed E-state index contributed by atoms with van der Waals surface area (Å²) >= 11 is 0. The molecular weight excluding hydrogens is 379 g/mol. The van der Waals surface area contributed by atoms with Crippen LogP contribution in [0.1, 0.15) is 69.7 Å². The number of hydrogen-bond donors (Lipinski definition) is 3. The number of benzene rings is 1. The van der Waals surface area contributed by atoms with Crippen LogP contribution in [0.5, 0.6) is 0 Å². The van der Waals surface area contributed by atoms with Crippen LogP contribution in [0.2, 0.25) is 0 Å². The minimum Gasteiger partial charge on any atom is -0.386 e. The third-order valence-electron chi connectivity index (χ3n) is 7.02. The molecule has 5 nitrogen and oxygen atoms in total. The number of fused-ring (bicyclic) bond motifs is 1. The molecule has 0 amide bonds. The Morgan fingerprint density at radius 1 is 1.40 bits per heavy atom. The van der Waals surface area contributed by atoms with Crippen molar-refractivity contribution >= 4 is 5.84 Å². The molecule has 1 aromatic rings. The van der Waals surface area contributed by atoms with E-state index in [0.29, 0.717) is 17.4 Å². The van der Waals surface area contributed by atoms with Crippen molar-refractivity contribution in [1.29, 1.82) is 10.7 Å². The molecule has 0 aliphatic heterocycles. The number of halogens is 1. The van der Waals surface area contributed by atoms with E-state index < -0.39 is 11.7 Å². The molecule has 2 aliphatic rings. The van der Waals surface area contributed by atoms with Crippen molar-refractivity contribution < 1.29 is 9.13 Å². The highest BCUT2D eigenvalue weighted by Gasteiger charge is 2.52. The minimum absolute atomic E-state index is 0.0487. The summed E-state index contributed by atoms with van der Waals surface area (Å²) in [4.78, 5) is 0. The molecule has 0 heterocycles. The van der Waals surface area contributed by atoms with Crippen LogP contribution < -0.4 is 11.1 Å². The lowest BCUT2D eigenvalue weighted by molar-refractivity contribution is -0.0620. The van der Waals surface area contributed by atoms with Crippen molar-refractivity contribution in [2.75, 3.05) is 7.11 Å². The summed E-state index contributed by atoms with van der Waals surface area (Å²) in [6.07, 6.45) is 3.18. The predicted octanol–water partition coefficient (Wildman–Crippen LogP) is 4.26. The number of nitrogens with zero attached hydrogens (tertiary/aromatic N) is 1. The fourth-order valence-electron chi connectivity index (χ4n) is 6.12. The van der Waals surface area contributed by atoms with Gasteiger partial charge in [-0.1, -0.05) is 19.9 Å². The molecule has 4 atom stereocenters. The number of nitrogens with two attached hydrogens (primary N) is 1. The van der Waals surface area contributed by atoms with Gasteiger partial charge in [-0.3, -0.25) is 10.7 Å². The van der Waals surface area contributed by atoms with Gasteiger partial charge >= 0.3 is 0 Å².